The number of ether oxygens (including phenoxy) is 2. The zero-order valence-corrected chi connectivity index (χ0v) is 25.8. The zero-order valence-electron chi connectivity index (χ0n) is 25.8. The molecule has 40 heavy (non-hydrogen) atoms. The van der Waals surface area contributed by atoms with Gasteiger partial charge >= 0.3 is 0 Å². The zero-order chi connectivity index (χ0) is 29.9. The number of hydrogen-bond donors (Lipinski definition) is 0. The van der Waals surface area contributed by atoms with E-state index in [4.69, 9.17) is 9.47 Å². The third-order valence-electron chi connectivity index (χ3n) is 6.34. The summed E-state index contributed by atoms with van der Waals surface area (Å²) in [6, 6.07) is 24.6. The fourth-order valence-corrected chi connectivity index (χ4v) is 3.62. The number of methoxy groups -OCH3 is 1. The fourth-order valence-electron chi connectivity index (χ4n) is 3.62. The van der Waals surface area contributed by atoms with Gasteiger partial charge in [-0.1, -0.05) is 80.4 Å². The van der Waals surface area contributed by atoms with Crippen molar-refractivity contribution >= 4 is 5.90 Å². The smallest absolute Gasteiger partial charge is 0.197 e. The minimum Gasteiger partial charge on any atom is -0.497 e. The Hall–Kier alpha value is -4.03. The van der Waals surface area contributed by atoms with Crippen LogP contribution < -0.4 is 9.47 Å². The first-order valence-corrected chi connectivity index (χ1v) is 13.8. The lowest BCUT2D eigenvalue weighted by Crippen LogP contribution is -2.15. The third kappa shape index (κ3) is 12.2. The van der Waals surface area contributed by atoms with Crippen molar-refractivity contribution in [3.8, 4) is 34.5 Å². The monoisotopic (exact) mass is 537 g/mol. The highest BCUT2D eigenvalue weighted by atomic mass is 16.5. The second-order valence-electron chi connectivity index (χ2n) is 9.82. The summed E-state index contributed by atoms with van der Waals surface area (Å²) >= 11 is 0. The molecule has 0 radical (unpaired) electrons. The maximum atomic E-state index is 5.94. The second kappa shape index (κ2) is 19.1. The van der Waals surface area contributed by atoms with Crippen LogP contribution in [0, 0.1) is 37.5 Å². The Bertz CT molecular complexity index is 1260. The lowest BCUT2D eigenvalue weighted by Gasteiger charge is -2.13. The Balaban J connectivity index is 0.000000404. The molecule has 3 heteroatoms. The molecule has 3 rings (SSSR count). The first-order chi connectivity index (χ1) is 19.2. The average Bonchev–Trinajstić information content (AvgIpc) is 2.97. The van der Waals surface area contributed by atoms with Crippen molar-refractivity contribution < 1.29 is 9.47 Å². The maximum Gasteiger partial charge on any atom is 0.197 e. The van der Waals surface area contributed by atoms with Crippen LogP contribution in [0.2, 0.25) is 0 Å². The number of aryl methyl sites for hydroxylation is 2. The normalized spacial score (nSPS) is 11.6. The largest absolute Gasteiger partial charge is 0.497 e. The summed E-state index contributed by atoms with van der Waals surface area (Å²) in [5.74, 6) is 9.25. The number of aliphatic imine (C=N–C) groups is 1. The highest BCUT2D eigenvalue weighted by molar-refractivity contribution is 5.81. The summed E-state index contributed by atoms with van der Waals surface area (Å²) in [6.07, 6.45) is 3.94. The van der Waals surface area contributed by atoms with Crippen LogP contribution in [0.3, 0.4) is 0 Å². The van der Waals surface area contributed by atoms with E-state index in [-0.39, 0.29) is 5.92 Å². The van der Waals surface area contributed by atoms with Gasteiger partial charge in [0.1, 0.15) is 11.5 Å². The van der Waals surface area contributed by atoms with Crippen LogP contribution >= 0.6 is 0 Å². The van der Waals surface area contributed by atoms with Crippen molar-refractivity contribution in [3.05, 3.63) is 109 Å². The SMILES string of the molecule is C=C.CC#CCCC(C)/C(C)=C/N=C(Oc1ccc(C)cc1)C(C)C.COc1ccc(-c2ccccc2C)cc1. The highest BCUT2D eigenvalue weighted by Gasteiger charge is 2.09. The quantitative estimate of drug-likeness (QED) is 0.124. The van der Waals surface area contributed by atoms with Crippen LogP contribution in [0.4, 0.5) is 0 Å². The Labute approximate surface area is 243 Å². The fraction of sp³-hybridized carbons (Fsp3) is 0.324. The van der Waals surface area contributed by atoms with Gasteiger partial charge in [-0.3, -0.25) is 0 Å². The molecular formula is C37H47NO2. The average molecular weight is 538 g/mol. The van der Waals surface area contributed by atoms with Gasteiger partial charge in [0, 0.05) is 18.5 Å². The van der Waals surface area contributed by atoms with Crippen molar-refractivity contribution in [2.45, 2.75) is 61.3 Å². The van der Waals surface area contributed by atoms with Crippen LogP contribution in [0.5, 0.6) is 11.5 Å². The molecule has 0 aliphatic heterocycles. The summed E-state index contributed by atoms with van der Waals surface area (Å²) < 4.78 is 11.1. The molecule has 0 aliphatic carbocycles. The summed E-state index contributed by atoms with van der Waals surface area (Å²) in [7, 11) is 1.68. The molecule has 1 atom stereocenters. The van der Waals surface area contributed by atoms with Crippen LogP contribution in [0.1, 0.15) is 58.6 Å². The van der Waals surface area contributed by atoms with E-state index in [1.165, 1.54) is 27.8 Å². The van der Waals surface area contributed by atoms with E-state index < -0.39 is 0 Å². The van der Waals surface area contributed by atoms with Gasteiger partial charge < -0.3 is 9.47 Å². The van der Waals surface area contributed by atoms with Crippen LogP contribution in [-0.4, -0.2) is 13.0 Å². The van der Waals surface area contributed by atoms with Gasteiger partial charge in [-0.2, -0.15) is 0 Å². The molecule has 0 saturated heterocycles. The predicted octanol–water partition coefficient (Wildman–Crippen LogP) is 10.2. The van der Waals surface area contributed by atoms with Gasteiger partial charge in [0.15, 0.2) is 5.90 Å². The molecular weight excluding hydrogens is 490 g/mol. The maximum absolute atomic E-state index is 5.94. The number of rotatable bonds is 8. The molecule has 212 valence electrons. The number of benzene rings is 3. The molecule has 0 aliphatic rings. The summed E-state index contributed by atoms with van der Waals surface area (Å²) in [5, 5.41) is 0. The Morgan fingerprint density at radius 3 is 2.05 bits per heavy atom. The molecule has 0 amide bonds. The van der Waals surface area contributed by atoms with Crippen molar-refractivity contribution in [2.24, 2.45) is 16.8 Å². The van der Waals surface area contributed by atoms with Gasteiger partial charge in [0.05, 0.1) is 7.11 Å². The van der Waals surface area contributed by atoms with E-state index in [2.05, 4.69) is 108 Å². The van der Waals surface area contributed by atoms with E-state index >= 15 is 0 Å². The molecule has 0 N–H and O–H groups in total. The number of hydrogen-bond acceptors (Lipinski definition) is 3. The van der Waals surface area contributed by atoms with Crippen LogP contribution in [0.15, 0.2) is 103 Å². The lowest BCUT2D eigenvalue weighted by atomic mass is 9.98. The molecule has 1 unspecified atom stereocenters. The molecule has 0 fully saturated rings. The topological polar surface area (TPSA) is 30.8 Å². The Kier molecular flexibility index (Phi) is 16.2. The van der Waals surface area contributed by atoms with E-state index in [0.29, 0.717) is 5.92 Å². The van der Waals surface area contributed by atoms with E-state index in [0.717, 1.165) is 30.2 Å². The van der Waals surface area contributed by atoms with Crippen molar-refractivity contribution in [2.75, 3.05) is 7.11 Å². The van der Waals surface area contributed by atoms with Crippen molar-refractivity contribution in [3.63, 3.8) is 0 Å². The van der Waals surface area contributed by atoms with Crippen LogP contribution in [-0.2, 0) is 0 Å². The van der Waals surface area contributed by atoms with Gasteiger partial charge in [-0.25, -0.2) is 4.99 Å². The third-order valence-corrected chi connectivity index (χ3v) is 6.34. The standard InChI is InChI=1S/C21H29NO.C14H14O.C2H4/c1-7-8-9-10-18(5)19(6)15-22-21(16(2)3)23-20-13-11-17(4)12-14-20;1-11-5-3-4-6-14(11)12-7-9-13(15-2)10-8-12;1-2/h11-16,18H,9-10H2,1-6H3;3-10H,1-2H3;1-2H2/b19-15+,22-21?;;. The van der Waals surface area contributed by atoms with Gasteiger partial charge in [0.25, 0.3) is 0 Å². The first kappa shape index (κ1) is 34.0. The molecule has 3 aromatic rings. The minimum atomic E-state index is 0.238. The predicted molar refractivity (Wildman–Crippen MR) is 174 cm³/mol. The number of nitrogens with zero attached hydrogens (tertiary/aromatic N) is 1. The summed E-state index contributed by atoms with van der Waals surface area (Å²) in [6.45, 7) is 20.6. The Morgan fingerprint density at radius 2 is 1.50 bits per heavy atom. The molecule has 0 saturated carbocycles. The van der Waals surface area contributed by atoms with Gasteiger partial charge in [-0.15, -0.1) is 25.0 Å². The van der Waals surface area contributed by atoms with Crippen molar-refractivity contribution in [1.82, 2.24) is 0 Å². The van der Waals surface area contributed by atoms with Gasteiger partial charge in [0.2, 0.25) is 0 Å². The second-order valence-corrected chi connectivity index (χ2v) is 9.82. The number of allylic oxidation sites excluding steroid dienone is 1. The van der Waals surface area contributed by atoms with Gasteiger partial charge in [-0.05, 0) is 81.0 Å². The van der Waals surface area contributed by atoms with Crippen molar-refractivity contribution in [1.29, 1.82) is 0 Å². The lowest BCUT2D eigenvalue weighted by molar-refractivity contribution is 0.415. The molecule has 3 nitrogen and oxygen atoms in total. The highest BCUT2D eigenvalue weighted by Crippen LogP contribution is 2.25. The summed E-state index contributed by atoms with van der Waals surface area (Å²) in [5.41, 5.74) is 6.28. The van der Waals surface area contributed by atoms with E-state index in [1.54, 1.807) is 7.11 Å². The van der Waals surface area contributed by atoms with E-state index in [1.807, 2.05) is 49.5 Å². The molecule has 3 aromatic carbocycles. The van der Waals surface area contributed by atoms with Crippen LogP contribution in [0.25, 0.3) is 11.1 Å². The molecule has 0 aromatic heterocycles. The molecule has 0 spiro atoms. The molecule has 0 bridgehead atoms. The Morgan fingerprint density at radius 1 is 0.900 bits per heavy atom. The first-order valence-electron chi connectivity index (χ1n) is 13.8. The van der Waals surface area contributed by atoms with E-state index in [9.17, 15) is 0 Å². The molecule has 0 heterocycles. The minimum absolute atomic E-state index is 0.238. The summed E-state index contributed by atoms with van der Waals surface area (Å²) in [4.78, 5) is 4.59.